The van der Waals surface area contributed by atoms with Crippen molar-refractivity contribution < 1.29 is 19.5 Å². The highest BCUT2D eigenvalue weighted by Gasteiger charge is 2.39. The number of carbonyl (C=O) groups is 3. The summed E-state index contributed by atoms with van der Waals surface area (Å²) in [5.41, 5.74) is 10.3. The maximum absolute atomic E-state index is 13.9. The molecule has 1 aromatic heterocycles. The zero-order valence-corrected chi connectivity index (χ0v) is 24.4. The summed E-state index contributed by atoms with van der Waals surface area (Å²) in [6.07, 6.45) is -0.424. The monoisotopic (exact) mass is 578 g/mol. The number of anilines is 1. The Balaban J connectivity index is 1.32. The lowest BCUT2D eigenvalue weighted by molar-refractivity contribution is 0.0649. The van der Waals surface area contributed by atoms with Crippen molar-refractivity contribution in [1.29, 1.82) is 0 Å². The van der Waals surface area contributed by atoms with Gasteiger partial charge in [0.05, 0.1) is 11.6 Å². The first-order valence-corrected chi connectivity index (χ1v) is 14.4. The number of fused-ring (bicyclic) bond motifs is 2. The molecule has 3 N–H and O–H groups in total. The maximum atomic E-state index is 13.9. The van der Waals surface area contributed by atoms with E-state index in [0.29, 0.717) is 54.6 Å². The molecule has 0 aliphatic carbocycles. The number of amides is 3. The molecule has 4 aromatic rings. The molecule has 3 amide bonds. The molecule has 10 heteroatoms. The number of nitrogens with zero attached hydrogens (tertiary/aromatic N) is 5. The first-order chi connectivity index (χ1) is 20.5. The van der Waals surface area contributed by atoms with Crippen molar-refractivity contribution in [3.05, 3.63) is 89.1 Å². The van der Waals surface area contributed by atoms with Crippen LogP contribution in [0, 0.1) is 0 Å². The number of rotatable bonds is 4. The zero-order valence-electron chi connectivity index (χ0n) is 24.4. The molecule has 10 nitrogen and oxygen atoms in total. The number of aromatic nitrogens is 2. The second kappa shape index (κ2) is 10.7. The van der Waals surface area contributed by atoms with Crippen LogP contribution in [0.4, 0.5) is 10.7 Å². The van der Waals surface area contributed by atoms with Crippen LogP contribution < -0.4 is 5.73 Å². The van der Waals surface area contributed by atoms with Crippen molar-refractivity contribution in [2.24, 2.45) is 0 Å². The SMILES string of the molecule is CC(C)(C)N(C(=O)O)C1CCN(C(=O)c2ccccc2-c2ccc3nc(N)nc(C(=O)N4Cc5ccccc5C4)c3c2)C1. The minimum absolute atomic E-state index is 0.0186. The van der Waals surface area contributed by atoms with Crippen LogP contribution in [0.15, 0.2) is 66.7 Å². The van der Waals surface area contributed by atoms with E-state index in [1.807, 2.05) is 75.4 Å². The quantitative estimate of drug-likeness (QED) is 0.347. The summed E-state index contributed by atoms with van der Waals surface area (Å²) in [6.45, 7) is 7.34. The van der Waals surface area contributed by atoms with Crippen molar-refractivity contribution in [3.8, 4) is 11.1 Å². The first-order valence-electron chi connectivity index (χ1n) is 14.4. The molecule has 1 atom stereocenters. The lowest BCUT2D eigenvalue weighted by Crippen LogP contribution is -2.52. The Morgan fingerprint density at radius 1 is 0.907 bits per heavy atom. The van der Waals surface area contributed by atoms with Gasteiger partial charge in [-0.2, -0.15) is 0 Å². The third-order valence-electron chi connectivity index (χ3n) is 8.26. The summed E-state index contributed by atoms with van der Waals surface area (Å²) in [4.78, 5) is 53.3. The molecule has 1 fully saturated rings. The van der Waals surface area contributed by atoms with E-state index < -0.39 is 11.6 Å². The van der Waals surface area contributed by atoms with E-state index in [2.05, 4.69) is 9.97 Å². The molecule has 6 rings (SSSR count). The van der Waals surface area contributed by atoms with E-state index in [9.17, 15) is 19.5 Å². The molecule has 1 unspecified atom stereocenters. The molecule has 3 heterocycles. The van der Waals surface area contributed by atoms with E-state index in [1.54, 1.807) is 21.9 Å². The molecule has 0 radical (unpaired) electrons. The molecule has 2 aliphatic rings. The molecule has 0 saturated carbocycles. The van der Waals surface area contributed by atoms with E-state index >= 15 is 0 Å². The molecule has 3 aromatic carbocycles. The highest BCUT2D eigenvalue weighted by atomic mass is 16.4. The molecule has 2 aliphatic heterocycles. The normalized spacial score (nSPS) is 16.4. The Labute approximate surface area is 249 Å². The summed E-state index contributed by atoms with van der Waals surface area (Å²) in [7, 11) is 0. The van der Waals surface area contributed by atoms with Crippen LogP contribution in [0.25, 0.3) is 22.0 Å². The van der Waals surface area contributed by atoms with Crippen LogP contribution in [-0.2, 0) is 13.1 Å². The van der Waals surface area contributed by atoms with Crippen LogP contribution >= 0.6 is 0 Å². The minimum atomic E-state index is -0.991. The third-order valence-corrected chi connectivity index (χ3v) is 8.26. The fourth-order valence-electron chi connectivity index (χ4n) is 6.32. The van der Waals surface area contributed by atoms with E-state index in [4.69, 9.17) is 5.73 Å². The largest absolute Gasteiger partial charge is 0.465 e. The number of nitrogens with two attached hydrogens (primary N) is 1. The van der Waals surface area contributed by atoms with E-state index in [0.717, 1.165) is 16.7 Å². The van der Waals surface area contributed by atoms with Gasteiger partial charge in [-0.25, -0.2) is 14.8 Å². The van der Waals surface area contributed by atoms with Gasteiger partial charge in [0.1, 0.15) is 5.69 Å². The zero-order chi connectivity index (χ0) is 30.5. The van der Waals surface area contributed by atoms with Crippen LogP contribution in [0.5, 0.6) is 0 Å². The van der Waals surface area contributed by atoms with E-state index in [-0.39, 0.29) is 29.5 Å². The predicted octanol–water partition coefficient (Wildman–Crippen LogP) is 5.03. The lowest BCUT2D eigenvalue weighted by atomic mass is 9.97. The van der Waals surface area contributed by atoms with Crippen molar-refractivity contribution in [2.75, 3.05) is 18.8 Å². The Hall–Kier alpha value is -4.99. The molecular formula is C33H34N6O4. The third kappa shape index (κ3) is 5.24. The highest BCUT2D eigenvalue weighted by molar-refractivity contribution is 6.07. The molecular weight excluding hydrogens is 544 g/mol. The number of carbonyl (C=O) groups excluding carboxylic acids is 2. The number of benzene rings is 3. The number of likely N-dealkylation sites (tertiary alicyclic amines) is 1. The topological polar surface area (TPSA) is 133 Å². The van der Waals surface area contributed by atoms with Gasteiger partial charge in [-0.3, -0.25) is 14.5 Å². The van der Waals surface area contributed by atoms with Crippen molar-refractivity contribution >= 4 is 34.8 Å². The average molecular weight is 579 g/mol. The minimum Gasteiger partial charge on any atom is -0.465 e. The summed E-state index contributed by atoms with van der Waals surface area (Å²) in [5, 5.41) is 10.4. The van der Waals surface area contributed by atoms with Gasteiger partial charge in [-0.1, -0.05) is 48.5 Å². The Bertz CT molecular complexity index is 1740. The highest BCUT2D eigenvalue weighted by Crippen LogP contribution is 2.32. The van der Waals surface area contributed by atoms with Gasteiger partial charge in [0.15, 0.2) is 0 Å². The van der Waals surface area contributed by atoms with Gasteiger partial charge in [0, 0.05) is 42.7 Å². The number of carboxylic acid groups (broad SMARTS) is 1. The Morgan fingerprint density at radius 2 is 1.58 bits per heavy atom. The second-order valence-electron chi connectivity index (χ2n) is 12.2. The average Bonchev–Trinajstić information content (AvgIpc) is 3.62. The predicted molar refractivity (Wildman–Crippen MR) is 163 cm³/mol. The second-order valence-corrected chi connectivity index (χ2v) is 12.2. The summed E-state index contributed by atoms with van der Waals surface area (Å²) < 4.78 is 0. The summed E-state index contributed by atoms with van der Waals surface area (Å²) in [6, 6.07) is 20.5. The molecule has 0 spiro atoms. The summed E-state index contributed by atoms with van der Waals surface area (Å²) >= 11 is 0. The van der Waals surface area contributed by atoms with Crippen molar-refractivity contribution in [3.63, 3.8) is 0 Å². The lowest BCUT2D eigenvalue weighted by Gasteiger charge is -2.37. The van der Waals surface area contributed by atoms with Crippen LogP contribution in [0.1, 0.15) is 59.2 Å². The number of nitrogen functional groups attached to an aromatic ring is 1. The Morgan fingerprint density at radius 3 is 2.26 bits per heavy atom. The van der Waals surface area contributed by atoms with Crippen LogP contribution in [0.3, 0.4) is 0 Å². The van der Waals surface area contributed by atoms with Gasteiger partial charge in [0.25, 0.3) is 11.8 Å². The van der Waals surface area contributed by atoms with Gasteiger partial charge in [0.2, 0.25) is 5.95 Å². The van der Waals surface area contributed by atoms with Gasteiger partial charge >= 0.3 is 6.09 Å². The van der Waals surface area contributed by atoms with Gasteiger partial charge < -0.3 is 20.6 Å². The molecule has 43 heavy (non-hydrogen) atoms. The molecule has 0 bridgehead atoms. The van der Waals surface area contributed by atoms with Gasteiger partial charge in [-0.15, -0.1) is 0 Å². The Kier molecular flexibility index (Phi) is 7.00. The molecule has 1 saturated heterocycles. The number of hydrogen-bond acceptors (Lipinski definition) is 6. The summed E-state index contributed by atoms with van der Waals surface area (Å²) in [5.74, 6) is -0.385. The van der Waals surface area contributed by atoms with Crippen molar-refractivity contribution in [2.45, 2.75) is 51.9 Å². The van der Waals surface area contributed by atoms with Crippen LogP contribution in [-0.4, -0.2) is 72.4 Å². The molecule has 220 valence electrons. The van der Waals surface area contributed by atoms with Gasteiger partial charge in [-0.05, 0) is 67.6 Å². The smallest absolute Gasteiger partial charge is 0.408 e. The van der Waals surface area contributed by atoms with E-state index in [1.165, 1.54) is 4.90 Å². The number of hydrogen-bond donors (Lipinski definition) is 2. The fourth-order valence-corrected chi connectivity index (χ4v) is 6.32. The standard InChI is InChI=1S/C33H34N6O4/c1-33(2,3)39(32(42)43)23-14-15-37(19-23)29(40)25-11-7-6-10-24(25)20-12-13-27-26(16-20)28(36-31(34)35-27)30(41)38-17-21-8-4-5-9-22(21)18-38/h4-13,16,23H,14-15,17-19H2,1-3H3,(H,42,43)(H2,34,35,36). The fraction of sp³-hybridized carbons (Fsp3) is 0.303. The van der Waals surface area contributed by atoms with Crippen molar-refractivity contribution in [1.82, 2.24) is 24.7 Å². The maximum Gasteiger partial charge on any atom is 0.408 e. The van der Waals surface area contributed by atoms with Crippen LogP contribution in [0.2, 0.25) is 0 Å². The first kappa shape index (κ1) is 28.1.